The van der Waals surface area contributed by atoms with Crippen LogP contribution in [0.1, 0.15) is 21.5 Å². The number of halogens is 1. The number of aromatic nitrogens is 2. The van der Waals surface area contributed by atoms with Crippen molar-refractivity contribution in [2.24, 2.45) is 5.10 Å². The van der Waals surface area contributed by atoms with Crippen LogP contribution < -0.4 is 14.9 Å². The second-order valence-corrected chi connectivity index (χ2v) is 9.14. The Bertz CT molecular complexity index is 1680. The summed E-state index contributed by atoms with van der Waals surface area (Å²) in [6.45, 7) is 0.502. The standard InChI is InChI=1S/C30H25ClN4O4/c1-38-26-14-10-21(15-27(26)39-2)29-22(18-35(34-29)17-19-7-11-23(31)12-8-19)16-32-33-30(37)28-24-6-4-3-5-20(24)9-13-25(28)36/h3-16,18,36H,17H2,1-2H3,(H,33,37)/b32-16+. The number of nitrogens with one attached hydrogen (secondary N) is 1. The fourth-order valence-electron chi connectivity index (χ4n) is 4.31. The average Bonchev–Trinajstić information content (AvgIpc) is 3.35. The van der Waals surface area contributed by atoms with Crippen LogP contribution in [-0.2, 0) is 6.54 Å². The molecule has 2 N–H and O–H groups in total. The van der Waals surface area contributed by atoms with Gasteiger partial charge in [0.25, 0.3) is 5.91 Å². The third-order valence-corrected chi connectivity index (χ3v) is 6.46. The Morgan fingerprint density at radius 2 is 1.79 bits per heavy atom. The number of phenols is 1. The van der Waals surface area contributed by atoms with Gasteiger partial charge in [0, 0.05) is 22.3 Å². The highest BCUT2D eigenvalue weighted by Crippen LogP contribution is 2.33. The van der Waals surface area contributed by atoms with Gasteiger partial charge in [-0.05, 0) is 52.7 Å². The molecule has 5 rings (SSSR count). The lowest BCUT2D eigenvalue weighted by molar-refractivity contribution is 0.0954. The van der Waals surface area contributed by atoms with Crippen molar-refractivity contribution in [3.8, 4) is 28.5 Å². The molecule has 9 heteroatoms. The minimum Gasteiger partial charge on any atom is -0.507 e. The summed E-state index contributed by atoms with van der Waals surface area (Å²) in [4.78, 5) is 13.0. The Balaban J connectivity index is 1.47. The number of aromatic hydroxyl groups is 1. The van der Waals surface area contributed by atoms with Crippen LogP contribution in [0, 0.1) is 0 Å². The molecule has 0 spiro atoms. The number of hydrogen-bond acceptors (Lipinski definition) is 6. The molecule has 0 aliphatic heterocycles. The van der Waals surface area contributed by atoms with Gasteiger partial charge < -0.3 is 14.6 Å². The summed E-state index contributed by atoms with van der Waals surface area (Å²) < 4.78 is 12.6. The molecule has 1 heterocycles. The summed E-state index contributed by atoms with van der Waals surface area (Å²) in [5, 5.41) is 21.5. The number of fused-ring (bicyclic) bond motifs is 1. The Kier molecular flexibility index (Phi) is 7.47. The van der Waals surface area contributed by atoms with Crippen molar-refractivity contribution in [3.05, 3.63) is 107 Å². The fourth-order valence-corrected chi connectivity index (χ4v) is 4.44. The van der Waals surface area contributed by atoms with Gasteiger partial charge in [-0.15, -0.1) is 0 Å². The third-order valence-electron chi connectivity index (χ3n) is 6.21. The normalized spacial score (nSPS) is 11.2. The van der Waals surface area contributed by atoms with Crippen LogP contribution in [0.3, 0.4) is 0 Å². The maximum Gasteiger partial charge on any atom is 0.275 e. The maximum absolute atomic E-state index is 13.0. The molecule has 0 saturated heterocycles. The van der Waals surface area contributed by atoms with Gasteiger partial charge in [-0.1, -0.05) is 54.1 Å². The quantitative estimate of drug-likeness (QED) is 0.189. The lowest BCUT2D eigenvalue weighted by Gasteiger charge is -2.09. The van der Waals surface area contributed by atoms with E-state index >= 15 is 0 Å². The van der Waals surface area contributed by atoms with E-state index < -0.39 is 5.91 Å². The number of ether oxygens (including phenoxy) is 2. The van der Waals surface area contributed by atoms with Crippen LogP contribution in [0.15, 0.2) is 90.2 Å². The van der Waals surface area contributed by atoms with Crippen molar-refractivity contribution in [2.75, 3.05) is 14.2 Å². The van der Waals surface area contributed by atoms with Gasteiger partial charge in [-0.2, -0.15) is 10.2 Å². The zero-order chi connectivity index (χ0) is 27.4. The SMILES string of the molecule is COc1ccc(-c2nn(Cc3ccc(Cl)cc3)cc2/C=N/NC(=O)c2c(O)ccc3ccccc23)cc1OC. The number of rotatable bonds is 8. The molecule has 1 amide bonds. The van der Waals surface area contributed by atoms with E-state index in [0.717, 1.165) is 16.5 Å². The number of benzene rings is 4. The Hall–Kier alpha value is -4.82. The summed E-state index contributed by atoms with van der Waals surface area (Å²) in [6.07, 6.45) is 3.36. The molecule has 39 heavy (non-hydrogen) atoms. The van der Waals surface area contributed by atoms with E-state index in [4.69, 9.17) is 26.2 Å². The molecule has 0 aliphatic rings. The lowest BCUT2D eigenvalue weighted by Crippen LogP contribution is -2.18. The summed E-state index contributed by atoms with van der Waals surface area (Å²) in [5.41, 5.74) is 5.79. The zero-order valence-corrected chi connectivity index (χ0v) is 22.0. The molecule has 0 bridgehead atoms. The summed E-state index contributed by atoms with van der Waals surface area (Å²) >= 11 is 6.03. The molecule has 0 fully saturated rings. The number of phenolic OH excluding ortho intramolecular Hbond substituents is 1. The molecule has 0 atom stereocenters. The predicted molar refractivity (Wildman–Crippen MR) is 152 cm³/mol. The summed E-state index contributed by atoms with van der Waals surface area (Å²) in [7, 11) is 3.15. The highest BCUT2D eigenvalue weighted by Gasteiger charge is 2.16. The number of nitrogens with zero attached hydrogens (tertiary/aromatic N) is 3. The molecular formula is C30H25ClN4O4. The van der Waals surface area contributed by atoms with E-state index in [9.17, 15) is 9.90 Å². The second kappa shape index (κ2) is 11.3. The van der Waals surface area contributed by atoms with Gasteiger partial charge in [0.05, 0.1) is 32.5 Å². The maximum atomic E-state index is 13.0. The molecule has 196 valence electrons. The van der Waals surface area contributed by atoms with E-state index in [1.54, 1.807) is 37.1 Å². The van der Waals surface area contributed by atoms with Crippen LogP contribution in [0.4, 0.5) is 0 Å². The molecule has 5 aromatic rings. The summed E-state index contributed by atoms with van der Waals surface area (Å²) in [6, 6.07) is 23.6. The van der Waals surface area contributed by atoms with Crippen molar-refractivity contribution in [2.45, 2.75) is 6.54 Å². The van der Waals surface area contributed by atoms with Crippen LogP contribution in [-0.4, -0.2) is 41.2 Å². The second-order valence-electron chi connectivity index (χ2n) is 8.71. The number of carbonyl (C=O) groups is 1. The largest absolute Gasteiger partial charge is 0.507 e. The molecule has 0 aliphatic carbocycles. The smallest absolute Gasteiger partial charge is 0.275 e. The van der Waals surface area contributed by atoms with Gasteiger partial charge in [0.15, 0.2) is 11.5 Å². The first kappa shape index (κ1) is 25.8. The number of hydrogen-bond donors (Lipinski definition) is 2. The van der Waals surface area contributed by atoms with E-state index in [1.165, 1.54) is 12.3 Å². The number of methoxy groups -OCH3 is 2. The first-order valence-electron chi connectivity index (χ1n) is 12.0. The third kappa shape index (κ3) is 5.56. The Morgan fingerprint density at radius 1 is 1.03 bits per heavy atom. The molecule has 0 radical (unpaired) electrons. The van der Waals surface area contributed by atoms with Crippen molar-refractivity contribution < 1.29 is 19.4 Å². The minimum atomic E-state index is -0.526. The number of carbonyl (C=O) groups excluding carboxylic acids is 1. The van der Waals surface area contributed by atoms with Crippen LogP contribution in [0.2, 0.25) is 5.02 Å². The van der Waals surface area contributed by atoms with E-state index in [0.29, 0.717) is 39.7 Å². The van der Waals surface area contributed by atoms with Crippen LogP contribution in [0.25, 0.3) is 22.0 Å². The highest BCUT2D eigenvalue weighted by molar-refractivity contribution is 6.30. The molecule has 0 saturated carbocycles. The van der Waals surface area contributed by atoms with Crippen LogP contribution in [0.5, 0.6) is 17.2 Å². The summed E-state index contributed by atoms with van der Waals surface area (Å²) in [5.74, 6) is 0.508. The van der Waals surface area contributed by atoms with Crippen molar-refractivity contribution in [1.82, 2.24) is 15.2 Å². The van der Waals surface area contributed by atoms with Crippen LogP contribution >= 0.6 is 11.6 Å². The molecular weight excluding hydrogens is 516 g/mol. The lowest BCUT2D eigenvalue weighted by atomic mass is 10.0. The Morgan fingerprint density at radius 3 is 2.56 bits per heavy atom. The van der Waals surface area contributed by atoms with E-state index in [-0.39, 0.29) is 11.3 Å². The van der Waals surface area contributed by atoms with Crippen molar-refractivity contribution in [1.29, 1.82) is 0 Å². The first-order chi connectivity index (χ1) is 19.0. The Labute approximate surface area is 230 Å². The monoisotopic (exact) mass is 540 g/mol. The molecule has 4 aromatic carbocycles. The van der Waals surface area contributed by atoms with E-state index in [1.807, 2.05) is 60.8 Å². The molecule has 8 nitrogen and oxygen atoms in total. The highest BCUT2D eigenvalue weighted by atomic mass is 35.5. The van der Waals surface area contributed by atoms with Gasteiger partial charge >= 0.3 is 0 Å². The van der Waals surface area contributed by atoms with Crippen molar-refractivity contribution in [3.63, 3.8) is 0 Å². The van der Waals surface area contributed by atoms with Gasteiger partial charge in [-0.3, -0.25) is 9.48 Å². The molecule has 1 aromatic heterocycles. The zero-order valence-electron chi connectivity index (χ0n) is 21.3. The van der Waals surface area contributed by atoms with Gasteiger partial charge in [0.1, 0.15) is 11.4 Å². The predicted octanol–water partition coefficient (Wildman–Crippen LogP) is 5.89. The minimum absolute atomic E-state index is 0.122. The number of hydrazone groups is 1. The fraction of sp³-hybridized carbons (Fsp3) is 0.100. The van der Waals surface area contributed by atoms with E-state index in [2.05, 4.69) is 10.5 Å². The van der Waals surface area contributed by atoms with Crippen molar-refractivity contribution >= 4 is 34.5 Å². The average molecular weight is 541 g/mol. The molecule has 0 unspecified atom stereocenters. The first-order valence-corrected chi connectivity index (χ1v) is 12.4. The van der Waals surface area contributed by atoms with Gasteiger partial charge in [0.2, 0.25) is 0 Å². The number of amides is 1. The van der Waals surface area contributed by atoms with Gasteiger partial charge in [-0.25, -0.2) is 5.43 Å². The topological polar surface area (TPSA) is 98.0 Å².